The third-order valence-corrected chi connectivity index (χ3v) is 7.43. The molecule has 186 valence electrons. The summed E-state index contributed by atoms with van der Waals surface area (Å²) in [6, 6.07) is 3.82. The average Bonchev–Trinajstić information content (AvgIpc) is 3.31. The van der Waals surface area contributed by atoms with Gasteiger partial charge in [-0.05, 0) is 22.4 Å². The minimum absolute atomic E-state index is 0.00529. The number of carbonyl (C=O) groups excluding carboxylic acids is 1. The number of carbonyl (C=O) groups is 1. The maximum Gasteiger partial charge on any atom is 0.427 e. The van der Waals surface area contributed by atoms with Crippen molar-refractivity contribution in [3.63, 3.8) is 0 Å². The van der Waals surface area contributed by atoms with Crippen molar-refractivity contribution < 1.29 is 19.0 Å². The molecule has 1 aromatic carbocycles. The van der Waals surface area contributed by atoms with Crippen LogP contribution in [0.2, 0.25) is 0 Å². The van der Waals surface area contributed by atoms with Crippen molar-refractivity contribution in [1.29, 1.82) is 0 Å². The van der Waals surface area contributed by atoms with Gasteiger partial charge in [-0.1, -0.05) is 0 Å². The van der Waals surface area contributed by atoms with Crippen LogP contribution in [0.25, 0.3) is 22.0 Å². The summed E-state index contributed by atoms with van der Waals surface area (Å²) in [4.78, 5) is 25.7. The van der Waals surface area contributed by atoms with Crippen molar-refractivity contribution in [2.45, 2.75) is 6.42 Å². The second-order valence-corrected chi connectivity index (χ2v) is 9.48. The van der Waals surface area contributed by atoms with Crippen LogP contribution in [-0.4, -0.2) is 87.6 Å². The van der Waals surface area contributed by atoms with Gasteiger partial charge < -0.3 is 25.3 Å². The SMILES string of the molecule is COc1cc2nc([N+]3(C(=O)N4CCOCC4)CCCNCC3)nc(N)c2c(-c2ccsc2)c1OC. The highest BCUT2D eigenvalue weighted by atomic mass is 32.1. The predicted molar refractivity (Wildman–Crippen MR) is 137 cm³/mol. The van der Waals surface area contributed by atoms with Crippen LogP contribution in [0, 0.1) is 0 Å². The van der Waals surface area contributed by atoms with Gasteiger partial charge in [0.2, 0.25) is 0 Å². The molecule has 11 heteroatoms. The number of hydrogen-bond donors (Lipinski definition) is 2. The van der Waals surface area contributed by atoms with E-state index in [0.717, 1.165) is 24.1 Å². The first-order chi connectivity index (χ1) is 17.1. The van der Waals surface area contributed by atoms with Crippen LogP contribution in [-0.2, 0) is 4.74 Å². The zero-order chi connectivity index (χ0) is 24.4. The van der Waals surface area contributed by atoms with Crippen LogP contribution in [0.4, 0.5) is 16.6 Å². The largest absolute Gasteiger partial charge is 0.493 e. The minimum Gasteiger partial charge on any atom is -0.493 e. The number of urea groups is 1. The molecule has 3 N–H and O–H groups in total. The minimum atomic E-state index is -0.00529. The number of thiophene rings is 1. The molecule has 4 heterocycles. The number of benzene rings is 1. The van der Waals surface area contributed by atoms with Crippen molar-refractivity contribution in [3.05, 3.63) is 22.9 Å². The zero-order valence-corrected chi connectivity index (χ0v) is 20.9. The Morgan fingerprint density at radius 3 is 2.74 bits per heavy atom. The van der Waals surface area contributed by atoms with Crippen LogP contribution in [0.3, 0.4) is 0 Å². The third kappa shape index (κ3) is 4.18. The van der Waals surface area contributed by atoms with Gasteiger partial charge in [-0.2, -0.15) is 25.8 Å². The normalized spacial score (nSPS) is 21.0. The molecule has 0 bridgehead atoms. The summed E-state index contributed by atoms with van der Waals surface area (Å²) >= 11 is 1.58. The molecule has 10 nitrogen and oxygen atoms in total. The Balaban J connectivity index is 1.72. The van der Waals surface area contributed by atoms with Crippen molar-refractivity contribution in [1.82, 2.24) is 24.7 Å². The molecule has 5 rings (SSSR count). The van der Waals surface area contributed by atoms with E-state index in [0.29, 0.717) is 80.1 Å². The van der Waals surface area contributed by atoms with E-state index in [2.05, 4.69) is 5.32 Å². The number of anilines is 1. The Bertz CT molecular complexity index is 1200. The quantitative estimate of drug-likeness (QED) is 0.527. The summed E-state index contributed by atoms with van der Waals surface area (Å²) in [6.07, 6.45) is 0.823. The number of methoxy groups -OCH3 is 2. The van der Waals surface area contributed by atoms with Crippen LogP contribution in [0.1, 0.15) is 6.42 Å². The van der Waals surface area contributed by atoms with Gasteiger partial charge in [0.05, 0.1) is 44.9 Å². The predicted octanol–water partition coefficient (Wildman–Crippen LogP) is 2.71. The van der Waals surface area contributed by atoms with Gasteiger partial charge in [0.1, 0.15) is 12.4 Å². The molecular weight excluding hydrogens is 468 g/mol. The van der Waals surface area contributed by atoms with Gasteiger partial charge in [-0.3, -0.25) is 4.90 Å². The Morgan fingerprint density at radius 1 is 1.20 bits per heavy atom. The standard InChI is InChI=1S/C24H31N6O4S/c1-32-18-14-17-20(19(21(18)33-2)16-4-13-35-15-16)22(25)28-23(27-17)30(9-3-5-26-6-10-30)24(31)29-7-11-34-12-8-29/h4,13-15,26H,3,5-12H2,1-2H3,(H2,25,27,28)/q+1. The van der Waals surface area contributed by atoms with E-state index in [1.54, 1.807) is 25.6 Å². The fraction of sp³-hybridized carbons (Fsp3) is 0.458. The third-order valence-electron chi connectivity index (χ3n) is 6.75. The van der Waals surface area contributed by atoms with Crippen molar-refractivity contribution in [3.8, 4) is 22.6 Å². The summed E-state index contributed by atoms with van der Waals surface area (Å²) in [5.74, 6) is 1.86. The number of nitrogens with zero attached hydrogens (tertiary/aromatic N) is 4. The zero-order valence-electron chi connectivity index (χ0n) is 20.1. The lowest BCUT2D eigenvalue weighted by molar-refractivity contribution is 0.0437. The molecule has 2 aliphatic heterocycles. The Labute approximate surface area is 208 Å². The molecule has 1 atom stereocenters. The molecule has 2 saturated heterocycles. The second kappa shape index (κ2) is 9.94. The number of rotatable bonds is 4. The van der Waals surface area contributed by atoms with E-state index in [4.69, 9.17) is 29.9 Å². The number of nitrogens with two attached hydrogens (primary N) is 1. The number of nitrogen functional groups attached to an aromatic ring is 1. The summed E-state index contributed by atoms with van der Waals surface area (Å²) < 4.78 is 16.9. The highest BCUT2D eigenvalue weighted by Gasteiger charge is 2.46. The molecular formula is C24H31N6O4S+. The van der Waals surface area contributed by atoms with Crippen LogP contribution in [0.5, 0.6) is 11.5 Å². The first kappa shape index (κ1) is 23.7. The van der Waals surface area contributed by atoms with Crippen molar-refractivity contribution in [2.75, 3.05) is 72.4 Å². The number of ether oxygens (including phenoxy) is 3. The Hall–Kier alpha value is -2.99. The molecule has 35 heavy (non-hydrogen) atoms. The first-order valence-corrected chi connectivity index (χ1v) is 12.7. The summed E-state index contributed by atoms with van der Waals surface area (Å²) in [5, 5.41) is 8.12. The van der Waals surface area contributed by atoms with E-state index in [1.807, 2.05) is 27.8 Å². The molecule has 2 amide bonds. The molecule has 2 aliphatic rings. The highest BCUT2D eigenvalue weighted by Crippen LogP contribution is 2.46. The van der Waals surface area contributed by atoms with E-state index in [1.165, 1.54) is 0 Å². The van der Waals surface area contributed by atoms with E-state index in [9.17, 15) is 4.79 Å². The first-order valence-electron chi connectivity index (χ1n) is 11.8. The van der Waals surface area contributed by atoms with E-state index in [-0.39, 0.29) is 10.5 Å². The lowest BCUT2D eigenvalue weighted by Gasteiger charge is -2.37. The van der Waals surface area contributed by atoms with Crippen LogP contribution in [0.15, 0.2) is 22.9 Å². The Kier molecular flexibility index (Phi) is 6.74. The molecule has 3 aromatic rings. The average molecular weight is 500 g/mol. The van der Waals surface area contributed by atoms with Gasteiger partial charge in [0.25, 0.3) is 0 Å². The van der Waals surface area contributed by atoms with Crippen LogP contribution >= 0.6 is 11.3 Å². The number of morpholine rings is 1. The molecule has 0 spiro atoms. The van der Waals surface area contributed by atoms with Gasteiger partial charge >= 0.3 is 12.0 Å². The number of hydrogen-bond acceptors (Lipinski definition) is 9. The fourth-order valence-corrected chi connectivity index (χ4v) is 5.63. The smallest absolute Gasteiger partial charge is 0.427 e. The molecule has 2 fully saturated rings. The Morgan fingerprint density at radius 2 is 2.03 bits per heavy atom. The van der Waals surface area contributed by atoms with E-state index < -0.39 is 0 Å². The lowest BCUT2D eigenvalue weighted by Crippen LogP contribution is -2.63. The number of aromatic nitrogens is 2. The lowest BCUT2D eigenvalue weighted by atomic mass is 10.0. The van der Waals surface area contributed by atoms with Gasteiger partial charge in [-0.15, -0.1) is 0 Å². The summed E-state index contributed by atoms with van der Waals surface area (Å²) in [7, 11) is 3.21. The number of quaternary nitrogens is 1. The van der Waals surface area contributed by atoms with Gasteiger partial charge in [0, 0.05) is 44.2 Å². The monoisotopic (exact) mass is 499 g/mol. The van der Waals surface area contributed by atoms with Crippen molar-refractivity contribution >= 4 is 40.0 Å². The fourth-order valence-electron chi connectivity index (χ4n) is 4.98. The van der Waals surface area contributed by atoms with Crippen LogP contribution < -0.4 is 25.0 Å². The van der Waals surface area contributed by atoms with E-state index >= 15 is 0 Å². The second-order valence-electron chi connectivity index (χ2n) is 8.70. The number of amides is 2. The number of fused-ring (bicyclic) bond motifs is 1. The molecule has 1 unspecified atom stereocenters. The molecule has 2 aromatic heterocycles. The molecule has 0 saturated carbocycles. The summed E-state index contributed by atoms with van der Waals surface area (Å²) in [5.41, 5.74) is 9.01. The van der Waals surface area contributed by atoms with Crippen molar-refractivity contribution in [2.24, 2.45) is 0 Å². The topological polar surface area (TPSA) is 112 Å². The maximum absolute atomic E-state index is 14.0. The maximum atomic E-state index is 14.0. The highest BCUT2D eigenvalue weighted by molar-refractivity contribution is 7.08. The number of nitrogens with one attached hydrogen (secondary N) is 1. The molecule has 0 radical (unpaired) electrons. The van der Waals surface area contributed by atoms with Gasteiger partial charge in [0.15, 0.2) is 11.5 Å². The summed E-state index contributed by atoms with van der Waals surface area (Å²) in [6.45, 7) is 4.85. The van der Waals surface area contributed by atoms with Gasteiger partial charge in [-0.25, -0.2) is 4.79 Å². The molecule has 0 aliphatic carbocycles.